The van der Waals surface area contributed by atoms with Gasteiger partial charge in [0.2, 0.25) is 16.9 Å². The smallest absolute Gasteiger partial charge is 0.234 e. The number of carbonyl (C=O) groups is 2. The van der Waals surface area contributed by atoms with E-state index in [4.69, 9.17) is 9.72 Å². The molecule has 15 heteroatoms. The minimum atomic E-state index is -0.245. The average molecular weight is 758 g/mol. The second kappa shape index (κ2) is 14.7. The fraction of sp³-hybridized carbons (Fsp3) is 0.425. The van der Waals surface area contributed by atoms with Crippen molar-refractivity contribution in [2.45, 2.75) is 44.1 Å². The molecule has 1 atom stereocenters. The lowest BCUT2D eigenvalue weighted by molar-refractivity contribution is -0.134. The molecule has 1 aromatic carbocycles. The lowest BCUT2D eigenvalue weighted by atomic mass is 9.90. The van der Waals surface area contributed by atoms with E-state index in [1.54, 1.807) is 22.0 Å². The summed E-state index contributed by atoms with van der Waals surface area (Å²) in [5.74, 6) is 0.0556. The van der Waals surface area contributed by atoms with Crippen molar-refractivity contribution >= 4 is 45.2 Å². The second-order valence-electron chi connectivity index (χ2n) is 15.4. The number of carbonyl (C=O) groups excluding carboxylic acids is 2. The maximum Gasteiger partial charge on any atom is 0.234 e. The zero-order valence-electron chi connectivity index (χ0n) is 30.8. The first-order chi connectivity index (χ1) is 26.8. The number of piperazine rings is 1. The fourth-order valence-electron chi connectivity index (χ4n) is 8.17. The molecular weight excluding hydrogens is 715 g/mol. The fourth-order valence-corrected chi connectivity index (χ4v) is 9.09. The Kier molecular flexibility index (Phi) is 9.41. The predicted octanol–water partition coefficient (Wildman–Crippen LogP) is 4.55. The monoisotopic (exact) mass is 757 g/mol. The number of ether oxygens (including phenoxy) is 1. The summed E-state index contributed by atoms with van der Waals surface area (Å²) >= 11 is 1.60. The van der Waals surface area contributed by atoms with Crippen molar-refractivity contribution in [2.24, 2.45) is 5.92 Å². The van der Waals surface area contributed by atoms with Crippen molar-refractivity contribution in [1.82, 2.24) is 35.0 Å². The summed E-state index contributed by atoms with van der Waals surface area (Å²) in [6.07, 6.45) is 6.72. The molecule has 0 aliphatic carbocycles. The third kappa shape index (κ3) is 7.25. The Labute approximate surface area is 323 Å². The summed E-state index contributed by atoms with van der Waals surface area (Å²) in [6.45, 7) is 10.3. The Morgan fingerprint density at radius 1 is 0.964 bits per heavy atom. The van der Waals surface area contributed by atoms with Crippen molar-refractivity contribution in [1.29, 1.82) is 5.26 Å². The molecule has 0 radical (unpaired) electrons. The van der Waals surface area contributed by atoms with Crippen molar-refractivity contribution in [2.75, 3.05) is 74.1 Å². The van der Waals surface area contributed by atoms with Crippen LogP contribution in [0.5, 0.6) is 0 Å². The van der Waals surface area contributed by atoms with Gasteiger partial charge in [-0.15, -0.1) is 10.2 Å². The zero-order chi connectivity index (χ0) is 37.5. The molecule has 2 N–H and O–H groups in total. The van der Waals surface area contributed by atoms with Gasteiger partial charge in [-0.2, -0.15) is 10.4 Å². The van der Waals surface area contributed by atoms with Gasteiger partial charge >= 0.3 is 0 Å². The molecule has 8 heterocycles. The number of nitriles is 1. The van der Waals surface area contributed by atoms with Crippen molar-refractivity contribution in [3.8, 4) is 28.0 Å². The highest BCUT2D eigenvalue weighted by Crippen LogP contribution is 2.38. The molecule has 282 valence electrons. The minimum absolute atomic E-state index is 0.179. The molecule has 2 amide bonds. The maximum absolute atomic E-state index is 12.3. The van der Waals surface area contributed by atoms with Crippen molar-refractivity contribution in [3.63, 3.8) is 0 Å². The number of aromatic nitrogens is 5. The topological polar surface area (TPSA) is 157 Å². The third-order valence-corrected chi connectivity index (χ3v) is 12.4. The van der Waals surface area contributed by atoms with Gasteiger partial charge in [-0.3, -0.25) is 24.8 Å². The highest BCUT2D eigenvalue weighted by atomic mass is 32.1. The van der Waals surface area contributed by atoms with Crippen LogP contribution in [0.15, 0.2) is 60.9 Å². The van der Waals surface area contributed by atoms with E-state index in [1.165, 1.54) is 5.69 Å². The first-order valence-electron chi connectivity index (χ1n) is 19.0. The molecule has 9 rings (SSSR count). The summed E-state index contributed by atoms with van der Waals surface area (Å²) in [5, 5.41) is 31.0. The van der Waals surface area contributed by atoms with Gasteiger partial charge in [0, 0.05) is 69.8 Å². The van der Waals surface area contributed by atoms with Crippen LogP contribution in [-0.4, -0.2) is 106 Å². The Morgan fingerprint density at radius 2 is 1.76 bits per heavy atom. The van der Waals surface area contributed by atoms with Gasteiger partial charge in [-0.05, 0) is 74.1 Å². The Balaban J connectivity index is 0.808. The number of fused-ring (bicyclic) bond motifs is 1. The molecule has 4 aliphatic rings. The molecule has 4 aliphatic heterocycles. The van der Waals surface area contributed by atoms with E-state index in [0.717, 1.165) is 103 Å². The largest absolute Gasteiger partial charge is 0.376 e. The number of pyridine rings is 1. The number of amides is 2. The third-order valence-electron chi connectivity index (χ3n) is 11.4. The van der Waals surface area contributed by atoms with E-state index >= 15 is 0 Å². The quantitative estimate of drug-likeness (QED) is 0.203. The van der Waals surface area contributed by atoms with Gasteiger partial charge in [0.1, 0.15) is 6.07 Å². The van der Waals surface area contributed by atoms with E-state index in [-0.39, 0.29) is 23.3 Å². The number of hydrogen-bond donors (Lipinski definition) is 2. The van der Waals surface area contributed by atoms with E-state index < -0.39 is 0 Å². The van der Waals surface area contributed by atoms with Crippen LogP contribution in [0.2, 0.25) is 0 Å². The van der Waals surface area contributed by atoms with Crippen LogP contribution in [0.4, 0.5) is 16.5 Å². The average Bonchev–Trinajstić information content (AvgIpc) is 3.86. The van der Waals surface area contributed by atoms with Crippen LogP contribution in [0, 0.1) is 17.2 Å². The van der Waals surface area contributed by atoms with Crippen LogP contribution in [0.3, 0.4) is 0 Å². The Hall–Kier alpha value is -5.43. The molecule has 4 saturated heterocycles. The summed E-state index contributed by atoms with van der Waals surface area (Å²) in [6, 6.07) is 18.3. The van der Waals surface area contributed by atoms with E-state index in [2.05, 4.69) is 65.8 Å². The molecular formula is C40H43N11O3S. The molecule has 0 spiro atoms. The van der Waals surface area contributed by atoms with E-state index in [9.17, 15) is 14.9 Å². The standard InChI is InChI=1S/C40H43N11O3S/c1-40(24-54-25-40)45-33-19-34(35-8-6-30-18-27(20-41)21-43-51(30)35)42-22-32(33)38-46-47-39(55-38)50-16-14-48(15-17-50)23-26-10-12-49(13-11-26)29-4-2-28(3-5-29)31-7-9-36(52)44-37(31)53/h2-6,8,18-19,21-22,26,31H,7,9-17,23-25H2,1H3,(H,42,45)(H,44,52,53)/t31-/m0/s1. The number of nitrogens with zero attached hydrogens (tertiary/aromatic N) is 9. The number of nitrogens with one attached hydrogen (secondary N) is 2. The number of imide groups is 1. The summed E-state index contributed by atoms with van der Waals surface area (Å²) < 4.78 is 7.36. The second-order valence-corrected chi connectivity index (χ2v) is 16.4. The molecule has 55 heavy (non-hydrogen) atoms. The first kappa shape index (κ1) is 35.3. The molecule has 0 bridgehead atoms. The van der Waals surface area contributed by atoms with E-state index in [0.29, 0.717) is 37.5 Å². The first-order valence-corrected chi connectivity index (χ1v) is 19.9. The molecule has 0 unspecified atom stereocenters. The number of hydrogen-bond acceptors (Lipinski definition) is 13. The number of piperidine rings is 2. The lowest BCUT2D eigenvalue weighted by Crippen LogP contribution is -2.53. The SMILES string of the molecule is CC1(Nc2cc(-c3ccc4cc(C#N)cnn34)ncc2-c2nnc(N3CCN(CC4CCN(c5ccc([C@@H]6CCC(=O)NC6=O)cc5)CC4)CC3)s2)COC1. The van der Waals surface area contributed by atoms with Crippen LogP contribution < -0.4 is 20.4 Å². The number of anilines is 3. The summed E-state index contributed by atoms with van der Waals surface area (Å²) in [4.78, 5) is 36.1. The Bertz CT molecular complexity index is 2260. The molecule has 14 nitrogen and oxygen atoms in total. The minimum Gasteiger partial charge on any atom is -0.376 e. The van der Waals surface area contributed by atoms with Crippen LogP contribution in [-0.2, 0) is 14.3 Å². The molecule has 4 fully saturated rings. The summed E-state index contributed by atoms with van der Waals surface area (Å²) in [5.41, 5.74) is 6.75. The van der Waals surface area contributed by atoms with Gasteiger partial charge in [0.25, 0.3) is 0 Å². The van der Waals surface area contributed by atoms with E-state index in [1.807, 2.05) is 42.6 Å². The van der Waals surface area contributed by atoms with Gasteiger partial charge in [0.05, 0.1) is 58.9 Å². The van der Waals surface area contributed by atoms with Crippen LogP contribution in [0.25, 0.3) is 27.5 Å². The number of benzene rings is 1. The summed E-state index contributed by atoms with van der Waals surface area (Å²) in [7, 11) is 0. The normalized spacial score (nSPS) is 20.6. The highest BCUT2D eigenvalue weighted by molar-refractivity contribution is 7.18. The van der Waals surface area contributed by atoms with Crippen LogP contribution >= 0.6 is 11.3 Å². The van der Waals surface area contributed by atoms with Crippen LogP contribution in [0.1, 0.15) is 49.7 Å². The molecule has 0 saturated carbocycles. The Morgan fingerprint density at radius 3 is 2.49 bits per heavy atom. The molecule has 4 aromatic heterocycles. The van der Waals surface area contributed by atoms with Crippen molar-refractivity contribution in [3.05, 3.63) is 72.1 Å². The maximum atomic E-state index is 12.3. The zero-order valence-corrected chi connectivity index (χ0v) is 31.6. The predicted molar refractivity (Wildman–Crippen MR) is 210 cm³/mol. The number of rotatable bonds is 9. The highest BCUT2D eigenvalue weighted by Gasteiger charge is 2.35. The lowest BCUT2D eigenvalue weighted by Gasteiger charge is -2.40. The van der Waals surface area contributed by atoms with Gasteiger partial charge in [0.15, 0.2) is 5.01 Å². The molecule has 5 aromatic rings. The van der Waals surface area contributed by atoms with Gasteiger partial charge < -0.3 is 19.9 Å². The van der Waals surface area contributed by atoms with Crippen molar-refractivity contribution < 1.29 is 14.3 Å². The van der Waals surface area contributed by atoms with Gasteiger partial charge in [-0.25, -0.2) is 4.52 Å². The van der Waals surface area contributed by atoms with Gasteiger partial charge in [-0.1, -0.05) is 23.5 Å².